The molecule has 112 valence electrons. The average Bonchev–Trinajstić information content (AvgIpc) is 2.49. The molecule has 0 spiro atoms. The van der Waals surface area contributed by atoms with Crippen LogP contribution in [-0.4, -0.2) is 17.0 Å². The number of anilines is 1. The summed E-state index contributed by atoms with van der Waals surface area (Å²) in [6.45, 7) is 1.50. The number of benzene rings is 1. The Morgan fingerprint density at radius 1 is 1.00 bits per heavy atom. The second-order valence-corrected chi connectivity index (χ2v) is 6.62. The van der Waals surface area contributed by atoms with E-state index in [4.69, 9.17) is 0 Å². The number of fused-ring (bicyclic) bond motifs is 3. The summed E-state index contributed by atoms with van der Waals surface area (Å²) < 4.78 is 0. The zero-order valence-electron chi connectivity index (χ0n) is 12.3. The quantitative estimate of drug-likeness (QED) is 0.896. The van der Waals surface area contributed by atoms with Gasteiger partial charge in [0, 0.05) is 12.6 Å². The molecule has 2 N–H and O–H groups in total. The van der Waals surface area contributed by atoms with Gasteiger partial charge in [-0.05, 0) is 61.6 Å². The van der Waals surface area contributed by atoms with Gasteiger partial charge in [0.2, 0.25) is 5.91 Å². The van der Waals surface area contributed by atoms with Gasteiger partial charge in [0.05, 0.1) is 5.41 Å². The highest BCUT2D eigenvalue weighted by Crippen LogP contribution is 2.57. The lowest BCUT2D eigenvalue weighted by Gasteiger charge is -2.51. The van der Waals surface area contributed by atoms with Gasteiger partial charge in [-0.15, -0.1) is 0 Å². The van der Waals surface area contributed by atoms with Crippen LogP contribution in [0.25, 0.3) is 0 Å². The normalized spacial score (nSPS) is 30.9. The highest BCUT2D eigenvalue weighted by atomic mass is 16.4. The van der Waals surface area contributed by atoms with Gasteiger partial charge in [-0.2, -0.15) is 0 Å². The van der Waals surface area contributed by atoms with Crippen molar-refractivity contribution in [2.75, 3.05) is 5.32 Å². The number of hydrogen-bond donors (Lipinski definition) is 2. The lowest BCUT2D eigenvalue weighted by atomic mass is 9.52. The summed E-state index contributed by atoms with van der Waals surface area (Å²) in [5.41, 5.74) is 1.79. The van der Waals surface area contributed by atoms with Crippen LogP contribution >= 0.6 is 0 Å². The zero-order chi connectivity index (χ0) is 15.1. The number of rotatable bonds is 3. The number of hydrogen-bond acceptors (Lipinski definition) is 2. The number of nitrogens with one attached hydrogen (secondary N) is 1. The van der Waals surface area contributed by atoms with E-state index in [0.29, 0.717) is 0 Å². The molecule has 4 nitrogen and oxygen atoms in total. The largest absolute Gasteiger partial charge is 0.481 e. The summed E-state index contributed by atoms with van der Waals surface area (Å²) in [5, 5.41) is 12.2. The van der Waals surface area contributed by atoms with Gasteiger partial charge in [0.25, 0.3) is 0 Å². The number of carboxylic acids is 1. The van der Waals surface area contributed by atoms with E-state index in [-0.39, 0.29) is 11.3 Å². The maximum Gasteiger partial charge on any atom is 0.309 e. The summed E-state index contributed by atoms with van der Waals surface area (Å²) >= 11 is 0. The van der Waals surface area contributed by atoms with Crippen molar-refractivity contribution in [1.82, 2.24) is 0 Å². The number of carbonyl (C=O) groups excluding carboxylic acids is 1. The monoisotopic (exact) mass is 287 g/mol. The molecule has 0 radical (unpaired) electrons. The minimum absolute atomic E-state index is 0.0671. The SMILES string of the molecule is CC(=O)Nc1ccc(C23CCC(C(=O)O)(CC2)CC3)cc1. The number of aliphatic carboxylic acids is 1. The third kappa shape index (κ3) is 2.33. The van der Waals surface area contributed by atoms with E-state index in [1.54, 1.807) is 0 Å². The first kappa shape index (κ1) is 14.1. The van der Waals surface area contributed by atoms with Crippen LogP contribution in [0, 0.1) is 5.41 Å². The standard InChI is InChI=1S/C17H21NO3/c1-12(19)18-14-4-2-13(3-5-14)16-6-9-17(10-7-16,11-8-16)15(20)21/h2-5H,6-11H2,1H3,(H,18,19)(H,20,21). The van der Waals surface area contributed by atoms with E-state index in [0.717, 1.165) is 44.2 Å². The van der Waals surface area contributed by atoms with E-state index >= 15 is 0 Å². The van der Waals surface area contributed by atoms with Crippen molar-refractivity contribution in [2.45, 2.75) is 50.9 Å². The van der Waals surface area contributed by atoms with Gasteiger partial charge < -0.3 is 10.4 Å². The molecule has 1 aromatic carbocycles. The molecule has 0 aromatic heterocycles. The Balaban J connectivity index is 1.79. The molecular formula is C17H21NO3. The molecule has 0 heterocycles. The van der Waals surface area contributed by atoms with Gasteiger partial charge >= 0.3 is 5.97 Å². The molecule has 0 atom stereocenters. The fourth-order valence-corrected chi connectivity index (χ4v) is 4.05. The Labute approximate surface area is 124 Å². The molecule has 3 fully saturated rings. The van der Waals surface area contributed by atoms with Crippen LogP contribution in [0.2, 0.25) is 0 Å². The molecule has 1 aromatic rings. The predicted molar refractivity (Wildman–Crippen MR) is 80.2 cm³/mol. The average molecular weight is 287 g/mol. The number of carbonyl (C=O) groups is 2. The molecule has 3 saturated carbocycles. The van der Waals surface area contributed by atoms with Crippen LogP contribution < -0.4 is 5.32 Å². The van der Waals surface area contributed by atoms with Crippen LogP contribution in [0.3, 0.4) is 0 Å². The molecule has 0 saturated heterocycles. The van der Waals surface area contributed by atoms with Crippen molar-refractivity contribution in [2.24, 2.45) is 5.41 Å². The van der Waals surface area contributed by atoms with Gasteiger partial charge in [-0.3, -0.25) is 9.59 Å². The molecular weight excluding hydrogens is 266 g/mol. The third-order valence-corrected chi connectivity index (χ3v) is 5.52. The smallest absolute Gasteiger partial charge is 0.309 e. The summed E-state index contributed by atoms with van der Waals surface area (Å²) in [6.07, 6.45) is 5.23. The number of carboxylic acid groups (broad SMARTS) is 1. The van der Waals surface area contributed by atoms with E-state index in [1.165, 1.54) is 12.5 Å². The van der Waals surface area contributed by atoms with E-state index in [2.05, 4.69) is 17.4 Å². The fraction of sp³-hybridized carbons (Fsp3) is 0.529. The topological polar surface area (TPSA) is 66.4 Å². The van der Waals surface area contributed by atoms with E-state index in [1.807, 2.05) is 12.1 Å². The van der Waals surface area contributed by atoms with Gasteiger partial charge in [-0.1, -0.05) is 12.1 Å². The molecule has 1 amide bonds. The first-order valence-electron chi connectivity index (χ1n) is 7.57. The van der Waals surface area contributed by atoms with Crippen LogP contribution in [0.4, 0.5) is 5.69 Å². The van der Waals surface area contributed by atoms with Crippen molar-refractivity contribution < 1.29 is 14.7 Å². The highest BCUT2D eigenvalue weighted by Gasteiger charge is 2.52. The molecule has 4 rings (SSSR count). The van der Waals surface area contributed by atoms with Crippen LogP contribution in [0.5, 0.6) is 0 Å². The second kappa shape index (κ2) is 4.86. The Morgan fingerprint density at radius 3 is 1.95 bits per heavy atom. The Morgan fingerprint density at radius 2 is 1.52 bits per heavy atom. The van der Waals surface area contributed by atoms with Crippen LogP contribution in [-0.2, 0) is 15.0 Å². The van der Waals surface area contributed by atoms with Crippen molar-refractivity contribution in [3.8, 4) is 0 Å². The molecule has 0 unspecified atom stereocenters. The zero-order valence-corrected chi connectivity index (χ0v) is 12.3. The van der Waals surface area contributed by atoms with Crippen LogP contribution in [0.15, 0.2) is 24.3 Å². The molecule has 21 heavy (non-hydrogen) atoms. The number of amides is 1. The summed E-state index contributed by atoms with van der Waals surface area (Å²) in [4.78, 5) is 22.5. The van der Waals surface area contributed by atoms with Crippen molar-refractivity contribution in [3.05, 3.63) is 29.8 Å². The first-order chi connectivity index (χ1) is 9.96. The maximum absolute atomic E-state index is 11.5. The lowest BCUT2D eigenvalue weighted by molar-refractivity contribution is -0.156. The Bertz CT molecular complexity index is 552. The summed E-state index contributed by atoms with van der Waals surface area (Å²) in [7, 11) is 0. The first-order valence-corrected chi connectivity index (χ1v) is 7.57. The van der Waals surface area contributed by atoms with Crippen molar-refractivity contribution >= 4 is 17.6 Å². The summed E-state index contributed by atoms with van der Waals surface area (Å²) in [6, 6.07) is 8.06. The van der Waals surface area contributed by atoms with Gasteiger partial charge in [-0.25, -0.2) is 0 Å². The van der Waals surface area contributed by atoms with E-state index in [9.17, 15) is 14.7 Å². The highest BCUT2D eigenvalue weighted by molar-refractivity contribution is 5.88. The van der Waals surface area contributed by atoms with Crippen molar-refractivity contribution in [3.63, 3.8) is 0 Å². The lowest BCUT2D eigenvalue weighted by Crippen LogP contribution is -2.47. The fourth-order valence-electron chi connectivity index (χ4n) is 4.05. The molecule has 0 aliphatic heterocycles. The molecule has 2 bridgehead atoms. The second-order valence-electron chi connectivity index (χ2n) is 6.62. The third-order valence-electron chi connectivity index (χ3n) is 5.52. The minimum atomic E-state index is -0.614. The van der Waals surface area contributed by atoms with Crippen molar-refractivity contribution in [1.29, 1.82) is 0 Å². The maximum atomic E-state index is 11.5. The van der Waals surface area contributed by atoms with E-state index < -0.39 is 11.4 Å². The molecule has 3 aliphatic rings. The minimum Gasteiger partial charge on any atom is -0.481 e. The van der Waals surface area contributed by atoms with Gasteiger partial charge in [0.1, 0.15) is 0 Å². The predicted octanol–water partition coefficient (Wildman–Crippen LogP) is 3.32. The molecule has 3 aliphatic carbocycles. The molecule has 4 heteroatoms. The Hall–Kier alpha value is -1.84. The summed E-state index contributed by atoms with van der Waals surface area (Å²) in [5.74, 6) is -0.681. The Kier molecular flexibility index (Phi) is 3.27. The van der Waals surface area contributed by atoms with Crippen LogP contribution in [0.1, 0.15) is 51.0 Å². The van der Waals surface area contributed by atoms with Gasteiger partial charge in [0.15, 0.2) is 0 Å².